The zero-order valence-electron chi connectivity index (χ0n) is 31.5. The molecule has 8 nitrogen and oxygen atoms in total. The Morgan fingerprint density at radius 2 is 0.982 bits per heavy atom. The molecule has 56 heavy (non-hydrogen) atoms. The molecule has 0 unspecified atom stereocenters. The lowest BCUT2D eigenvalue weighted by Crippen LogP contribution is -2.48. The van der Waals surface area contributed by atoms with Crippen molar-refractivity contribution in [3.05, 3.63) is 71.8 Å². The second kappa shape index (κ2) is 22.5. The fourth-order valence-corrected chi connectivity index (χ4v) is 4.20. The van der Waals surface area contributed by atoms with E-state index in [0.717, 1.165) is 16.7 Å². The van der Waals surface area contributed by atoms with Crippen LogP contribution in [0.3, 0.4) is 0 Å². The highest BCUT2D eigenvalue weighted by Crippen LogP contribution is 2.43. The van der Waals surface area contributed by atoms with Crippen molar-refractivity contribution in [2.45, 2.75) is 109 Å². The summed E-state index contributed by atoms with van der Waals surface area (Å²) in [5.74, 6) is -9.70. The van der Waals surface area contributed by atoms with Gasteiger partial charge in [-0.1, -0.05) is 60.7 Å². The van der Waals surface area contributed by atoms with Crippen LogP contribution >= 0.6 is 0 Å². The fraction of sp³-hybridized carbons (Fsp3) is 0.556. The van der Waals surface area contributed by atoms with E-state index in [1.165, 1.54) is 48.6 Å². The summed E-state index contributed by atoms with van der Waals surface area (Å²) in [5, 5.41) is 0. The highest BCUT2D eigenvalue weighted by Gasteiger charge is 2.58. The fourth-order valence-electron chi connectivity index (χ4n) is 4.20. The Hall–Kier alpha value is -4.20. The Balaban J connectivity index is 0. The smallest absolute Gasteiger partial charge is 0.400 e. The van der Waals surface area contributed by atoms with Crippen molar-refractivity contribution in [1.29, 1.82) is 0 Å². The molecule has 0 heterocycles. The largest absolute Gasteiger partial charge is 0.459 e. The SMILES string of the molecule is C=O.CC(C)(C)OC(=O)[C@@H](N)CC(C(F)(F)F)C(F)(F)F.CN(Cc1ccccc1)[C@@H](CC(C(F)(F)F)C(F)(F)F)C(=O)OC(C)(C)C.O=Cc1ccccc1. The molecular formula is C36H46F12N2O6. The molecule has 2 aromatic rings. The van der Waals surface area contributed by atoms with E-state index < -0.39 is 84.6 Å². The number of esters is 2. The molecule has 0 aromatic heterocycles. The van der Waals surface area contributed by atoms with Crippen molar-refractivity contribution in [3.63, 3.8) is 0 Å². The standard InChI is InChI=1S/C18H23F6NO2.C10H15F6NO2.C7H6O.CH2O/c1-16(2,3)27-15(26)13(10-14(17(19,20)21)18(22,23)24)25(4)11-12-8-6-5-7-9-12;1-8(2,3)19-7(18)5(17)4-6(9(11,12)13)10(14,15)16;8-6-7-4-2-1-3-5-7;1-2/h5-9,13-14H,10-11H2,1-4H3;5-6H,4,17H2,1-3H3;1-6H;1H2/t13-;5-;;/m00../s1. The van der Waals surface area contributed by atoms with Crippen molar-refractivity contribution in [2.75, 3.05) is 7.05 Å². The van der Waals surface area contributed by atoms with Crippen molar-refractivity contribution in [1.82, 2.24) is 4.90 Å². The molecule has 20 heteroatoms. The quantitative estimate of drug-likeness (QED) is 0.143. The third-order valence-electron chi connectivity index (χ3n) is 6.66. The normalized spacial score (nSPS) is 13.6. The maximum absolute atomic E-state index is 13.0. The van der Waals surface area contributed by atoms with Gasteiger partial charge in [0.2, 0.25) is 0 Å². The van der Waals surface area contributed by atoms with Gasteiger partial charge in [0.05, 0.1) is 0 Å². The van der Waals surface area contributed by atoms with Crippen LogP contribution in [0, 0.1) is 11.8 Å². The molecule has 0 aliphatic heterocycles. The van der Waals surface area contributed by atoms with Crippen LogP contribution in [0.2, 0.25) is 0 Å². The number of aldehydes is 1. The molecule has 0 spiro atoms. The number of alkyl halides is 12. The van der Waals surface area contributed by atoms with E-state index >= 15 is 0 Å². The number of carbonyl (C=O) groups excluding carboxylic acids is 4. The molecule has 0 fully saturated rings. The number of hydrogen-bond donors (Lipinski definition) is 1. The van der Waals surface area contributed by atoms with Gasteiger partial charge in [-0.05, 0) is 67.0 Å². The van der Waals surface area contributed by atoms with Gasteiger partial charge in [0.25, 0.3) is 0 Å². The zero-order valence-corrected chi connectivity index (χ0v) is 31.5. The molecule has 0 saturated heterocycles. The van der Waals surface area contributed by atoms with Crippen molar-refractivity contribution < 1.29 is 81.3 Å². The molecule has 2 atom stereocenters. The first-order chi connectivity index (χ1) is 25.2. The minimum atomic E-state index is -5.52. The summed E-state index contributed by atoms with van der Waals surface area (Å²) in [4.78, 5) is 42.8. The number of ether oxygens (including phenoxy) is 2. The van der Waals surface area contributed by atoms with Crippen molar-refractivity contribution in [2.24, 2.45) is 17.6 Å². The van der Waals surface area contributed by atoms with Crippen molar-refractivity contribution >= 4 is 25.0 Å². The second-order valence-corrected chi connectivity index (χ2v) is 13.9. The van der Waals surface area contributed by atoms with Gasteiger partial charge in [-0.3, -0.25) is 19.3 Å². The molecular weight excluding hydrogens is 784 g/mol. The molecule has 0 aliphatic carbocycles. The van der Waals surface area contributed by atoms with Crippen LogP contribution < -0.4 is 5.73 Å². The monoisotopic (exact) mass is 830 g/mol. The first kappa shape index (κ1) is 53.9. The lowest BCUT2D eigenvalue weighted by molar-refractivity contribution is -0.289. The molecule has 0 radical (unpaired) electrons. The van der Waals surface area contributed by atoms with Gasteiger partial charge in [0.1, 0.15) is 36.4 Å². The number of rotatable bonds is 10. The summed E-state index contributed by atoms with van der Waals surface area (Å²) >= 11 is 0. The lowest BCUT2D eigenvalue weighted by atomic mass is 9.97. The minimum absolute atomic E-state index is 0.00676. The average molecular weight is 831 g/mol. The third kappa shape index (κ3) is 23.0. The van der Waals surface area contributed by atoms with Gasteiger partial charge in [0.15, 0.2) is 11.8 Å². The Kier molecular flexibility index (Phi) is 21.7. The lowest BCUT2D eigenvalue weighted by Gasteiger charge is -2.33. The number of likely N-dealkylation sites (N-methyl/N-ethyl adjacent to an activating group) is 1. The molecule has 2 N–H and O–H groups in total. The predicted molar refractivity (Wildman–Crippen MR) is 181 cm³/mol. The maximum atomic E-state index is 13.0. The predicted octanol–water partition coefficient (Wildman–Crippen LogP) is 9.06. The highest BCUT2D eigenvalue weighted by atomic mass is 19.4. The topological polar surface area (TPSA) is 116 Å². The van der Waals surface area contributed by atoms with Crippen molar-refractivity contribution in [3.8, 4) is 0 Å². The van der Waals surface area contributed by atoms with Crippen LogP contribution in [0.5, 0.6) is 0 Å². The van der Waals surface area contributed by atoms with Crippen LogP contribution in [0.4, 0.5) is 52.7 Å². The second-order valence-electron chi connectivity index (χ2n) is 13.9. The van der Waals surface area contributed by atoms with E-state index in [-0.39, 0.29) is 6.54 Å². The summed E-state index contributed by atoms with van der Waals surface area (Å²) in [6.07, 6.45) is -24.3. The van der Waals surface area contributed by atoms with Crippen LogP contribution in [0.25, 0.3) is 0 Å². The number of halogens is 12. The highest BCUT2D eigenvalue weighted by molar-refractivity contribution is 5.76. The zero-order chi connectivity index (χ0) is 44.5. The first-order valence-corrected chi connectivity index (χ1v) is 16.2. The maximum Gasteiger partial charge on any atom is 0.400 e. The minimum Gasteiger partial charge on any atom is -0.459 e. The number of nitrogens with two attached hydrogens (primary N) is 1. The van der Waals surface area contributed by atoms with Gasteiger partial charge in [-0.15, -0.1) is 0 Å². The van der Waals surface area contributed by atoms with E-state index in [1.54, 1.807) is 42.5 Å². The molecule has 0 saturated carbocycles. The summed E-state index contributed by atoms with van der Waals surface area (Å²) in [6, 6.07) is 13.8. The van der Waals surface area contributed by atoms with Gasteiger partial charge in [-0.2, -0.15) is 52.7 Å². The summed E-state index contributed by atoms with van der Waals surface area (Å²) in [7, 11) is 1.30. The van der Waals surface area contributed by atoms with Crippen LogP contribution in [-0.2, 0) is 30.4 Å². The van der Waals surface area contributed by atoms with E-state index in [2.05, 4.69) is 4.74 Å². The molecule has 320 valence electrons. The van der Waals surface area contributed by atoms with E-state index in [1.807, 2.05) is 25.0 Å². The molecule has 0 aliphatic rings. The summed E-state index contributed by atoms with van der Waals surface area (Å²) in [5.41, 5.74) is 4.33. The van der Waals surface area contributed by atoms with E-state index in [4.69, 9.17) is 15.3 Å². The van der Waals surface area contributed by atoms with Gasteiger partial charge >= 0.3 is 36.6 Å². The summed E-state index contributed by atoms with van der Waals surface area (Å²) in [6.45, 7) is 10.7. The van der Waals surface area contributed by atoms with Gasteiger partial charge < -0.3 is 20.0 Å². The van der Waals surface area contributed by atoms with Gasteiger partial charge in [-0.25, -0.2) is 0 Å². The number of benzene rings is 2. The Bertz CT molecular complexity index is 1410. The molecule has 2 rings (SSSR count). The Labute approximate surface area is 316 Å². The average Bonchev–Trinajstić information content (AvgIpc) is 3.02. The number of nitrogens with zero attached hydrogens (tertiary/aromatic N) is 1. The van der Waals surface area contributed by atoms with Gasteiger partial charge in [0, 0.05) is 12.1 Å². The number of hydrogen-bond acceptors (Lipinski definition) is 8. The molecule has 0 bridgehead atoms. The third-order valence-corrected chi connectivity index (χ3v) is 6.66. The van der Waals surface area contributed by atoms with Crippen LogP contribution in [-0.4, -0.2) is 85.0 Å². The molecule has 0 amide bonds. The first-order valence-electron chi connectivity index (χ1n) is 16.2. The number of carbonyl (C=O) groups is 4. The van der Waals surface area contributed by atoms with Crippen LogP contribution in [0.15, 0.2) is 60.7 Å². The Morgan fingerprint density at radius 3 is 1.30 bits per heavy atom. The summed E-state index contributed by atoms with van der Waals surface area (Å²) < 4.78 is 161. The Morgan fingerprint density at radius 1 is 0.643 bits per heavy atom. The van der Waals surface area contributed by atoms with E-state index in [0.29, 0.717) is 5.56 Å². The molecule has 2 aromatic carbocycles. The van der Waals surface area contributed by atoms with E-state index in [9.17, 15) is 67.1 Å². The van der Waals surface area contributed by atoms with Crippen LogP contribution in [0.1, 0.15) is 70.3 Å².